The summed E-state index contributed by atoms with van der Waals surface area (Å²) in [6, 6.07) is 6.94. The second-order valence-corrected chi connectivity index (χ2v) is 6.59. The number of likely N-dealkylation sites (N-methyl/N-ethyl adjacent to an activating group) is 1. The van der Waals surface area contributed by atoms with Crippen LogP contribution in [-0.2, 0) is 20.6 Å². The molecule has 0 atom stereocenters. The van der Waals surface area contributed by atoms with Crippen molar-refractivity contribution in [3.63, 3.8) is 0 Å². The van der Waals surface area contributed by atoms with Crippen molar-refractivity contribution in [3.05, 3.63) is 66.8 Å². The minimum atomic E-state index is -0.740. The van der Waals surface area contributed by atoms with Gasteiger partial charge in [-0.15, -0.1) is 0 Å². The number of carbonyl (C=O) groups excluding carboxylic acids is 1. The molecule has 10 heteroatoms. The molecule has 0 amide bonds. The lowest BCUT2D eigenvalue weighted by Crippen LogP contribution is -2.43. The monoisotopic (exact) mass is 384 g/mol. The summed E-state index contributed by atoms with van der Waals surface area (Å²) in [7, 11) is 4.32. The number of nitrogens with one attached hydrogen (secondary N) is 1. The van der Waals surface area contributed by atoms with Gasteiger partial charge in [-0.25, -0.2) is 9.78 Å². The fourth-order valence-electron chi connectivity index (χ4n) is 2.97. The van der Waals surface area contributed by atoms with Gasteiger partial charge in [0.25, 0.3) is 11.1 Å². The summed E-state index contributed by atoms with van der Waals surface area (Å²) in [6.07, 6.45) is 0. The van der Waals surface area contributed by atoms with E-state index in [9.17, 15) is 19.2 Å². The molecule has 3 N–H and O–H groups in total. The maximum absolute atomic E-state index is 12.6. The molecule has 0 aliphatic carbocycles. The van der Waals surface area contributed by atoms with Crippen LogP contribution in [0.3, 0.4) is 0 Å². The summed E-state index contributed by atoms with van der Waals surface area (Å²) in [6.45, 7) is 0.0337. The number of aromatic nitrogens is 4. The molecule has 1 aromatic carbocycles. The van der Waals surface area contributed by atoms with Crippen LogP contribution >= 0.6 is 0 Å². The highest BCUT2D eigenvalue weighted by molar-refractivity contribution is 6.01. The van der Waals surface area contributed by atoms with E-state index in [-0.39, 0.29) is 30.0 Å². The van der Waals surface area contributed by atoms with Crippen LogP contribution in [0.4, 0.5) is 5.82 Å². The summed E-state index contributed by atoms with van der Waals surface area (Å²) < 4.78 is 1.89. The number of aromatic amines is 1. The van der Waals surface area contributed by atoms with Crippen LogP contribution < -0.4 is 22.5 Å². The van der Waals surface area contributed by atoms with Crippen LogP contribution in [0, 0.1) is 0 Å². The number of hydrogen-bond donors (Lipinski definition) is 2. The smallest absolute Gasteiger partial charge is 0.332 e. The third-order valence-electron chi connectivity index (χ3n) is 4.48. The van der Waals surface area contributed by atoms with Crippen molar-refractivity contribution in [1.82, 2.24) is 24.0 Å². The van der Waals surface area contributed by atoms with Crippen LogP contribution in [-0.4, -0.2) is 43.4 Å². The average molecular weight is 384 g/mol. The summed E-state index contributed by atoms with van der Waals surface area (Å²) in [5.41, 5.74) is 4.52. The van der Waals surface area contributed by atoms with Gasteiger partial charge in [0.05, 0.1) is 24.0 Å². The average Bonchev–Trinajstić information content (AvgIpc) is 2.65. The summed E-state index contributed by atoms with van der Waals surface area (Å²) in [5, 5.41) is 0.478. The number of nitrogens with two attached hydrogens (primary N) is 1. The molecule has 0 fully saturated rings. The topological polar surface area (TPSA) is 136 Å². The van der Waals surface area contributed by atoms with Gasteiger partial charge in [0.15, 0.2) is 5.78 Å². The molecule has 0 bridgehead atoms. The zero-order valence-electron chi connectivity index (χ0n) is 15.7. The minimum absolute atomic E-state index is 0.145. The van der Waals surface area contributed by atoms with Crippen molar-refractivity contribution in [2.75, 3.05) is 19.3 Å². The lowest BCUT2D eigenvalue weighted by molar-refractivity contribution is 0.0940. The molecular formula is C18H20N6O4. The number of H-pyrrole nitrogens is 1. The number of hydrogen-bond acceptors (Lipinski definition) is 7. The van der Waals surface area contributed by atoms with Gasteiger partial charge in [0.1, 0.15) is 17.2 Å². The Labute approximate surface area is 158 Å². The number of fused-ring (bicyclic) bond motifs is 1. The Morgan fingerprint density at radius 2 is 1.86 bits per heavy atom. The van der Waals surface area contributed by atoms with Crippen molar-refractivity contribution >= 4 is 22.5 Å². The Bertz CT molecular complexity index is 1250. The lowest BCUT2D eigenvalue weighted by atomic mass is 10.2. The number of nitrogen functional groups attached to an aromatic ring is 1. The quantitative estimate of drug-likeness (QED) is 0.551. The van der Waals surface area contributed by atoms with Gasteiger partial charge in [-0.3, -0.25) is 28.4 Å². The van der Waals surface area contributed by atoms with E-state index in [1.54, 1.807) is 36.2 Å². The van der Waals surface area contributed by atoms with E-state index in [0.29, 0.717) is 16.7 Å². The lowest BCUT2D eigenvalue weighted by Gasteiger charge is -2.16. The van der Waals surface area contributed by atoms with Crippen LogP contribution in [0.5, 0.6) is 0 Å². The van der Waals surface area contributed by atoms with E-state index in [1.165, 1.54) is 14.1 Å². The maximum atomic E-state index is 12.6. The van der Waals surface area contributed by atoms with E-state index >= 15 is 0 Å². The van der Waals surface area contributed by atoms with Gasteiger partial charge >= 0.3 is 5.69 Å². The van der Waals surface area contributed by atoms with E-state index in [4.69, 9.17) is 5.73 Å². The fraction of sp³-hybridized carbons (Fsp3) is 0.278. The SMILES string of the molecule is CN(CC(=O)c1c(N)n(C)c(=O)n(C)c1=O)Cc1nc2ccccc2c(=O)[nH]1. The number of benzene rings is 1. The predicted molar refractivity (Wildman–Crippen MR) is 104 cm³/mol. The fourth-order valence-corrected chi connectivity index (χ4v) is 2.97. The maximum Gasteiger partial charge on any atom is 0.332 e. The summed E-state index contributed by atoms with van der Waals surface area (Å²) in [5.74, 6) is -0.316. The van der Waals surface area contributed by atoms with Crippen molar-refractivity contribution in [1.29, 1.82) is 0 Å². The van der Waals surface area contributed by atoms with Crippen molar-refractivity contribution < 1.29 is 4.79 Å². The first-order valence-electron chi connectivity index (χ1n) is 8.46. The highest BCUT2D eigenvalue weighted by Crippen LogP contribution is 2.08. The normalized spacial score (nSPS) is 11.3. The Morgan fingerprint density at radius 1 is 1.18 bits per heavy atom. The Hall–Kier alpha value is -3.53. The first-order valence-corrected chi connectivity index (χ1v) is 8.46. The molecule has 0 radical (unpaired) electrons. The van der Waals surface area contributed by atoms with Gasteiger partial charge in [-0.2, -0.15) is 0 Å². The van der Waals surface area contributed by atoms with E-state index in [1.807, 2.05) is 0 Å². The highest BCUT2D eigenvalue weighted by Gasteiger charge is 2.21. The Morgan fingerprint density at radius 3 is 2.57 bits per heavy atom. The molecule has 2 heterocycles. The Balaban J connectivity index is 1.86. The first kappa shape index (κ1) is 19.2. The molecule has 0 saturated carbocycles. The molecule has 2 aromatic heterocycles. The van der Waals surface area contributed by atoms with Crippen molar-refractivity contribution in [2.45, 2.75) is 6.54 Å². The summed E-state index contributed by atoms with van der Waals surface area (Å²) >= 11 is 0. The Kier molecular flexibility index (Phi) is 4.97. The second-order valence-electron chi connectivity index (χ2n) is 6.59. The van der Waals surface area contributed by atoms with Gasteiger partial charge in [0, 0.05) is 14.1 Å². The molecule has 0 spiro atoms. The summed E-state index contributed by atoms with van der Waals surface area (Å²) in [4.78, 5) is 57.6. The molecule has 28 heavy (non-hydrogen) atoms. The highest BCUT2D eigenvalue weighted by atomic mass is 16.2. The van der Waals surface area contributed by atoms with Crippen molar-refractivity contribution in [3.8, 4) is 0 Å². The van der Waals surface area contributed by atoms with Crippen LogP contribution in [0.25, 0.3) is 10.9 Å². The molecule has 0 aliphatic heterocycles. The number of nitrogens with zero attached hydrogens (tertiary/aromatic N) is 4. The molecule has 146 valence electrons. The molecular weight excluding hydrogens is 364 g/mol. The van der Waals surface area contributed by atoms with Crippen LogP contribution in [0.2, 0.25) is 0 Å². The van der Waals surface area contributed by atoms with Crippen LogP contribution in [0.15, 0.2) is 38.6 Å². The molecule has 0 saturated heterocycles. The third kappa shape index (κ3) is 3.37. The molecule has 3 rings (SSSR count). The third-order valence-corrected chi connectivity index (χ3v) is 4.48. The minimum Gasteiger partial charge on any atom is -0.384 e. The van der Waals surface area contributed by atoms with Gasteiger partial charge in [-0.1, -0.05) is 12.1 Å². The predicted octanol–water partition coefficient (Wildman–Crippen LogP) is -0.783. The first-order chi connectivity index (χ1) is 13.2. The molecule has 3 aromatic rings. The van der Waals surface area contributed by atoms with E-state index < -0.39 is 17.0 Å². The molecule has 0 aliphatic rings. The van der Waals surface area contributed by atoms with Gasteiger partial charge in [-0.05, 0) is 19.2 Å². The van der Waals surface area contributed by atoms with Crippen molar-refractivity contribution in [2.24, 2.45) is 14.1 Å². The number of ketones is 1. The molecule has 10 nitrogen and oxygen atoms in total. The second kappa shape index (κ2) is 7.24. The van der Waals surface area contributed by atoms with Gasteiger partial charge in [0.2, 0.25) is 0 Å². The zero-order chi connectivity index (χ0) is 20.6. The largest absolute Gasteiger partial charge is 0.384 e. The van der Waals surface area contributed by atoms with Crippen LogP contribution in [0.1, 0.15) is 16.2 Å². The number of para-hydroxylation sites is 1. The number of rotatable bonds is 5. The van der Waals surface area contributed by atoms with E-state index in [0.717, 1.165) is 9.13 Å². The zero-order valence-corrected chi connectivity index (χ0v) is 15.7. The number of anilines is 1. The number of Topliss-reactive ketones (excluding diaryl/α,β-unsaturated/α-hetero) is 1. The standard InChI is InChI=1S/C18H20N6O4/c1-22(9-13-20-11-7-5-4-6-10(11)16(26)21-13)8-12(25)14-15(19)23(2)18(28)24(3)17(14)27/h4-7H,8-9,19H2,1-3H3,(H,20,21,26). The van der Waals surface area contributed by atoms with Gasteiger partial charge < -0.3 is 10.7 Å². The number of carbonyl (C=O) groups is 1. The molecule has 0 unspecified atom stereocenters. The van der Waals surface area contributed by atoms with E-state index in [2.05, 4.69) is 9.97 Å².